The average Bonchev–Trinajstić information content (AvgIpc) is 2.18. The minimum atomic E-state index is -4.51. The number of rotatable bonds is 4. The molecule has 0 heterocycles. The maximum atomic E-state index is 11.6. The lowest BCUT2D eigenvalue weighted by Crippen LogP contribution is -2.26. The first-order valence-electron chi connectivity index (χ1n) is 5.95. The number of aryl methyl sites for hydroxylation is 2. The molecular weight excluding hydrogens is 267 g/mol. The van der Waals surface area contributed by atoms with Gasteiger partial charge >= 0.3 is 13.6 Å². The van der Waals surface area contributed by atoms with Gasteiger partial charge in [0.05, 0.1) is 11.2 Å². The van der Waals surface area contributed by atoms with Crippen molar-refractivity contribution in [1.29, 1.82) is 0 Å². The van der Waals surface area contributed by atoms with E-state index in [1.165, 1.54) is 6.07 Å². The fraction of sp³-hybridized carbons (Fsp3) is 0.462. The van der Waals surface area contributed by atoms with Crippen LogP contribution in [0.1, 0.15) is 36.5 Å². The fourth-order valence-corrected chi connectivity index (χ4v) is 3.34. The molecule has 3 N–H and O–H groups in total. The number of carboxylic acids is 1. The van der Waals surface area contributed by atoms with E-state index in [2.05, 4.69) is 0 Å². The molecule has 0 aliphatic carbocycles. The van der Waals surface area contributed by atoms with Crippen molar-refractivity contribution >= 4 is 18.9 Å². The van der Waals surface area contributed by atoms with Gasteiger partial charge < -0.3 is 14.9 Å². The third-order valence-electron chi connectivity index (χ3n) is 3.07. The first-order chi connectivity index (χ1) is 8.55. The summed E-state index contributed by atoms with van der Waals surface area (Å²) in [4.78, 5) is 30.3. The maximum absolute atomic E-state index is 11.6. The van der Waals surface area contributed by atoms with E-state index in [1.54, 1.807) is 33.8 Å². The van der Waals surface area contributed by atoms with Crippen LogP contribution in [0.4, 0.5) is 0 Å². The molecule has 106 valence electrons. The summed E-state index contributed by atoms with van der Waals surface area (Å²) in [6.45, 7) is 6.85. The smallest absolute Gasteiger partial charge is 0.356 e. The van der Waals surface area contributed by atoms with Crippen molar-refractivity contribution in [3.63, 3.8) is 0 Å². The van der Waals surface area contributed by atoms with Crippen LogP contribution < -0.4 is 5.30 Å². The minimum Gasteiger partial charge on any atom is -0.481 e. The van der Waals surface area contributed by atoms with Crippen LogP contribution in [0.25, 0.3) is 0 Å². The molecular formula is C13H19O5P. The summed E-state index contributed by atoms with van der Waals surface area (Å²) in [6.07, 6.45) is 0. The largest absolute Gasteiger partial charge is 0.481 e. The van der Waals surface area contributed by atoms with Crippen molar-refractivity contribution in [2.75, 3.05) is 0 Å². The van der Waals surface area contributed by atoms with Crippen LogP contribution in [0.5, 0.6) is 0 Å². The summed E-state index contributed by atoms with van der Waals surface area (Å²) in [5.74, 6) is -2.26. The Kier molecular flexibility index (Phi) is 4.56. The Hall–Kier alpha value is -1.16. The first kappa shape index (κ1) is 15.9. The van der Waals surface area contributed by atoms with Gasteiger partial charge in [-0.15, -0.1) is 0 Å². The fourth-order valence-electron chi connectivity index (χ4n) is 2.34. The Bertz CT molecular complexity index is 544. The molecule has 0 radical (unpaired) electrons. The van der Waals surface area contributed by atoms with Gasteiger partial charge in [0, 0.05) is 0 Å². The lowest BCUT2D eigenvalue weighted by atomic mass is 9.85. The molecule has 1 unspecified atom stereocenters. The van der Waals surface area contributed by atoms with Crippen LogP contribution in [-0.2, 0) is 9.36 Å². The second-order valence-corrected chi connectivity index (χ2v) is 6.69. The van der Waals surface area contributed by atoms with E-state index in [4.69, 9.17) is 0 Å². The molecule has 0 amide bonds. The van der Waals surface area contributed by atoms with E-state index in [9.17, 15) is 24.3 Å². The summed E-state index contributed by atoms with van der Waals surface area (Å²) in [5.41, 5.74) is 1.54. The Balaban J connectivity index is 3.66. The van der Waals surface area contributed by atoms with E-state index in [0.717, 1.165) is 0 Å². The third kappa shape index (κ3) is 3.44. The molecule has 0 fully saturated rings. The van der Waals surface area contributed by atoms with Gasteiger partial charge in [-0.1, -0.05) is 19.9 Å². The average molecular weight is 286 g/mol. The number of carbonyl (C=O) groups is 1. The molecule has 0 aliphatic heterocycles. The van der Waals surface area contributed by atoms with Gasteiger partial charge in [-0.3, -0.25) is 9.36 Å². The van der Waals surface area contributed by atoms with Crippen molar-refractivity contribution in [3.8, 4) is 0 Å². The number of carboxylic acid groups (broad SMARTS) is 1. The molecule has 0 aliphatic rings. The topological polar surface area (TPSA) is 94.8 Å². The number of benzene rings is 1. The quantitative estimate of drug-likeness (QED) is 0.735. The molecule has 0 saturated carbocycles. The standard InChI is InChI=1S/C13H19O5P/c1-7(2)11(13(14)15)12-9(4)5-8(3)6-10(12)19(16,17)18/h5-7,11H,1-4H3,(H,14,15)(H2,16,17,18). The molecule has 1 aromatic rings. The van der Waals surface area contributed by atoms with Gasteiger partial charge in [0.1, 0.15) is 0 Å². The predicted octanol–water partition coefficient (Wildman–Crippen LogP) is 1.93. The van der Waals surface area contributed by atoms with E-state index < -0.39 is 19.5 Å². The summed E-state index contributed by atoms with van der Waals surface area (Å²) in [6, 6.07) is 3.12. The van der Waals surface area contributed by atoms with Crippen LogP contribution in [0.3, 0.4) is 0 Å². The number of aliphatic carboxylic acids is 1. The Morgan fingerprint density at radius 1 is 1.21 bits per heavy atom. The molecule has 1 aromatic carbocycles. The molecule has 6 heteroatoms. The van der Waals surface area contributed by atoms with Gasteiger partial charge in [-0.2, -0.15) is 0 Å². The molecule has 0 spiro atoms. The van der Waals surface area contributed by atoms with Gasteiger partial charge in [0.15, 0.2) is 0 Å². The van der Waals surface area contributed by atoms with Crippen LogP contribution in [0.2, 0.25) is 0 Å². The molecule has 19 heavy (non-hydrogen) atoms. The van der Waals surface area contributed by atoms with Crippen molar-refractivity contribution in [3.05, 3.63) is 28.8 Å². The normalized spacial score (nSPS) is 13.6. The Labute approximate surface area is 112 Å². The van der Waals surface area contributed by atoms with E-state index in [-0.39, 0.29) is 16.8 Å². The van der Waals surface area contributed by atoms with Crippen LogP contribution in [-0.4, -0.2) is 20.9 Å². The summed E-state index contributed by atoms with van der Waals surface area (Å²) < 4.78 is 11.6. The van der Waals surface area contributed by atoms with E-state index >= 15 is 0 Å². The van der Waals surface area contributed by atoms with E-state index in [0.29, 0.717) is 11.1 Å². The molecule has 1 rings (SSSR count). The van der Waals surface area contributed by atoms with Crippen molar-refractivity contribution in [2.45, 2.75) is 33.6 Å². The minimum absolute atomic E-state index is 0.175. The molecule has 0 aromatic heterocycles. The highest BCUT2D eigenvalue weighted by Crippen LogP contribution is 2.40. The zero-order valence-corrected chi connectivity index (χ0v) is 12.3. The van der Waals surface area contributed by atoms with Crippen molar-refractivity contribution < 1.29 is 24.3 Å². The van der Waals surface area contributed by atoms with Crippen molar-refractivity contribution in [1.82, 2.24) is 0 Å². The van der Waals surface area contributed by atoms with Crippen LogP contribution >= 0.6 is 7.60 Å². The zero-order chi connectivity index (χ0) is 15.0. The van der Waals surface area contributed by atoms with Crippen LogP contribution in [0.15, 0.2) is 12.1 Å². The summed E-state index contributed by atoms with van der Waals surface area (Å²) in [5, 5.41) is 9.15. The summed E-state index contributed by atoms with van der Waals surface area (Å²) in [7, 11) is -4.51. The van der Waals surface area contributed by atoms with Gasteiger partial charge in [0.2, 0.25) is 0 Å². The second kappa shape index (κ2) is 5.45. The first-order valence-corrected chi connectivity index (χ1v) is 7.57. The lowest BCUT2D eigenvalue weighted by molar-refractivity contribution is -0.139. The summed E-state index contributed by atoms with van der Waals surface area (Å²) >= 11 is 0. The monoisotopic (exact) mass is 286 g/mol. The number of hydrogen-bond acceptors (Lipinski definition) is 2. The zero-order valence-electron chi connectivity index (χ0n) is 11.4. The molecule has 5 nitrogen and oxygen atoms in total. The lowest BCUT2D eigenvalue weighted by Gasteiger charge is -2.23. The molecule has 0 saturated heterocycles. The maximum Gasteiger partial charge on any atom is 0.356 e. The van der Waals surface area contributed by atoms with E-state index in [1.807, 2.05) is 0 Å². The van der Waals surface area contributed by atoms with Gasteiger partial charge in [-0.05, 0) is 42.5 Å². The van der Waals surface area contributed by atoms with Gasteiger partial charge in [0.25, 0.3) is 0 Å². The van der Waals surface area contributed by atoms with Crippen molar-refractivity contribution in [2.24, 2.45) is 5.92 Å². The highest BCUT2D eigenvalue weighted by molar-refractivity contribution is 7.60. The predicted molar refractivity (Wildman–Crippen MR) is 72.8 cm³/mol. The molecule has 1 atom stereocenters. The molecule has 0 bridgehead atoms. The number of hydrogen-bond donors (Lipinski definition) is 3. The second-order valence-electron chi connectivity index (χ2n) is 5.12. The van der Waals surface area contributed by atoms with Gasteiger partial charge in [-0.25, -0.2) is 0 Å². The Morgan fingerprint density at radius 3 is 2.11 bits per heavy atom. The highest BCUT2D eigenvalue weighted by atomic mass is 31.2. The highest BCUT2D eigenvalue weighted by Gasteiger charge is 2.33. The SMILES string of the molecule is Cc1cc(C)c(C(C(=O)O)C(C)C)c(P(=O)(O)O)c1. The Morgan fingerprint density at radius 2 is 1.74 bits per heavy atom. The third-order valence-corrected chi connectivity index (χ3v) is 4.06. The van der Waals surface area contributed by atoms with Crippen LogP contribution in [0, 0.1) is 19.8 Å².